The monoisotopic (exact) mass is 402 g/mol. The second-order valence-corrected chi connectivity index (χ2v) is 6.47. The van der Waals surface area contributed by atoms with Gasteiger partial charge in [0.15, 0.2) is 5.84 Å². The third-order valence-corrected chi connectivity index (χ3v) is 4.46. The van der Waals surface area contributed by atoms with Crippen molar-refractivity contribution in [2.24, 2.45) is 5.16 Å². The highest BCUT2D eigenvalue weighted by molar-refractivity contribution is 6.41. The molecule has 0 aliphatic carbocycles. The highest BCUT2D eigenvalue weighted by Gasteiger charge is 2.34. The fourth-order valence-corrected chi connectivity index (χ4v) is 2.99. The van der Waals surface area contributed by atoms with Gasteiger partial charge in [-0.15, -0.1) is 0 Å². The smallest absolute Gasteiger partial charge is 0.451 e. The van der Waals surface area contributed by atoms with Gasteiger partial charge in [-0.05, 0) is 24.4 Å². The summed E-state index contributed by atoms with van der Waals surface area (Å²) in [6, 6.07) is 2.91. The minimum absolute atomic E-state index is 0.00141. The first-order valence-corrected chi connectivity index (χ1v) is 8.74. The Morgan fingerprint density at radius 1 is 1.28 bits per heavy atom. The number of likely N-dealkylation sites (tertiary alicyclic amines) is 1. The van der Waals surface area contributed by atoms with E-state index in [0.29, 0.717) is 18.7 Å². The second kappa shape index (κ2) is 8.75. The standard InChI is InChI=1S/C17H19BN4O7/c23-15-10(3-4-18(26)27)1-2-13(14(15)17(24)25)29-12-7-22(8-12)16(21-28)11-5-19-9-20-6-11/h1-2,5-6,9,12,23,26-28H,3-4,7-8H2,(H,24,25). The average Bonchev–Trinajstić information content (AvgIpc) is 2.66. The molecule has 1 aromatic carbocycles. The van der Waals surface area contributed by atoms with Crippen LogP contribution in [0.3, 0.4) is 0 Å². The first-order valence-electron chi connectivity index (χ1n) is 8.74. The first kappa shape index (κ1) is 20.4. The topological polar surface area (TPSA) is 169 Å². The Hall–Kier alpha value is -3.38. The molecule has 0 radical (unpaired) electrons. The molecule has 0 atom stereocenters. The van der Waals surface area contributed by atoms with Gasteiger partial charge in [-0.1, -0.05) is 11.2 Å². The lowest BCUT2D eigenvalue weighted by molar-refractivity contribution is 0.0587. The van der Waals surface area contributed by atoms with Gasteiger partial charge in [0.2, 0.25) is 0 Å². The summed E-state index contributed by atoms with van der Waals surface area (Å²) < 4.78 is 5.72. The van der Waals surface area contributed by atoms with E-state index < -0.39 is 18.8 Å². The van der Waals surface area contributed by atoms with E-state index in [-0.39, 0.29) is 41.6 Å². The number of amidine groups is 1. The van der Waals surface area contributed by atoms with Crippen LogP contribution in [-0.4, -0.2) is 78.5 Å². The molecule has 1 saturated heterocycles. The number of aromatic hydroxyl groups is 1. The van der Waals surface area contributed by atoms with Crippen molar-refractivity contribution in [2.45, 2.75) is 18.8 Å². The summed E-state index contributed by atoms with van der Waals surface area (Å²) in [4.78, 5) is 21.1. The Morgan fingerprint density at radius 2 is 1.97 bits per heavy atom. The lowest BCUT2D eigenvalue weighted by Crippen LogP contribution is -2.56. The molecule has 0 bridgehead atoms. The number of oxime groups is 1. The maximum Gasteiger partial charge on any atom is 0.451 e. The van der Waals surface area contributed by atoms with Gasteiger partial charge in [-0.3, -0.25) is 0 Å². The zero-order valence-corrected chi connectivity index (χ0v) is 15.2. The van der Waals surface area contributed by atoms with Crippen molar-refractivity contribution in [1.82, 2.24) is 14.9 Å². The number of carboxylic acids is 1. The number of aromatic carboxylic acids is 1. The van der Waals surface area contributed by atoms with Gasteiger partial charge in [0.1, 0.15) is 29.5 Å². The normalized spacial score (nSPS) is 14.4. The quantitative estimate of drug-likeness (QED) is 0.137. The molecule has 0 unspecified atom stereocenters. The van der Waals surface area contributed by atoms with Gasteiger partial charge in [0, 0.05) is 12.4 Å². The Morgan fingerprint density at radius 3 is 2.55 bits per heavy atom. The number of aryl methyl sites for hydroxylation is 1. The summed E-state index contributed by atoms with van der Waals surface area (Å²) in [5, 5.41) is 50.2. The summed E-state index contributed by atoms with van der Waals surface area (Å²) in [7, 11) is -1.56. The molecule has 2 aromatic rings. The van der Waals surface area contributed by atoms with Crippen molar-refractivity contribution in [1.29, 1.82) is 0 Å². The number of carbonyl (C=O) groups is 1. The van der Waals surface area contributed by atoms with Gasteiger partial charge in [-0.25, -0.2) is 14.8 Å². The Kier molecular flexibility index (Phi) is 6.15. The lowest BCUT2D eigenvalue weighted by atomic mass is 9.82. The zero-order chi connectivity index (χ0) is 21.0. The fraction of sp³-hybridized carbons (Fsp3) is 0.294. The van der Waals surface area contributed by atoms with Crippen LogP contribution in [0.15, 0.2) is 36.0 Å². The molecule has 1 aliphatic heterocycles. The number of carboxylic acid groups (broad SMARTS) is 1. The van der Waals surface area contributed by atoms with E-state index in [1.807, 2.05) is 0 Å². The first-order chi connectivity index (χ1) is 13.9. The molecular formula is C17H19BN4O7. The van der Waals surface area contributed by atoms with Gasteiger partial charge < -0.3 is 35.1 Å². The molecule has 1 fully saturated rings. The third-order valence-electron chi connectivity index (χ3n) is 4.46. The summed E-state index contributed by atoms with van der Waals surface area (Å²) in [6.45, 7) is 0.652. The molecule has 11 nitrogen and oxygen atoms in total. The van der Waals surface area contributed by atoms with Gasteiger partial charge in [-0.2, -0.15) is 0 Å². The molecule has 12 heteroatoms. The van der Waals surface area contributed by atoms with E-state index in [0.717, 1.165) is 0 Å². The number of phenols is 1. The van der Waals surface area contributed by atoms with Crippen LogP contribution in [0.2, 0.25) is 6.32 Å². The van der Waals surface area contributed by atoms with Crippen LogP contribution in [0.1, 0.15) is 21.5 Å². The summed E-state index contributed by atoms with van der Waals surface area (Å²) in [6.07, 6.45) is 4.01. The molecule has 1 aromatic heterocycles. The van der Waals surface area contributed by atoms with Crippen molar-refractivity contribution in [3.63, 3.8) is 0 Å². The molecule has 5 N–H and O–H groups in total. The summed E-state index contributed by atoms with van der Waals surface area (Å²) in [5.74, 6) is -1.56. The van der Waals surface area contributed by atoms with E-state index >= 15 is 0 Å². The van der Waals surface area contributed by atoms with E-state index in [1.165, 1.54) is 30.9 Å². The SMILES string of the molecule is O=C(O)c1c(OC2CN(C(=NO)c3cncnc3)C2)ccc(CCB(O)O)c1O. The van der Waals surface area contributed by atoms with Gasteiger partial charge in [0.05, 0.1) is 18.7 Å². The van der Waals surface area contributed by atoms with Crippen LogP contribution in [0.5, 0.6) is 11.5 Å². The number of rotatable bonds is 7. The second-order valence-electron chi connectivity index (χ2n) is 6.47. The van der Waals surface area contributed by atoms with E-state index in [2.05, 4.69) is 15.1 Å². The molecule has 1 aliphatic rings. The number of hydrogen-bond donors (Lipinski definition) is 5. The van der Waals surface area contributed by atoms with E-state index in [1.54, 1.807) is 4.90 Å². The molecule has 2 heterocycles. The lowest BCUT2D eigenvalue weighted by Gasteiger charge is -2.40. The number of hydrogen-bond acceptors (Lipinski definition) is 9. The predicted octanol–water partition coefficient (Wildman–Crippen LogP) is -0.205. The fourth-order valence-electron chi connectivity index (χ4n) is 2.99. The number of nitrogens with zero attached hydrogens (tertiary/aromatic N) is 4. The van der Waals surface area contributed by atoms with Crippen molar-refractivity contribution < 1.29 is 35.0 Å². The Balaban J connectivity index is 1.70. The van der Waals surface area contributed by atoms with Crippen molar-refractivity contribution in [3.05, 3.63) is 47.5 Å². The molecule has 0 amide bonds. The molecule has 152 valence electrons. The van der Waals surface area contributed by atoms with Crippen molar-refractivity contribution in [3.8, 4) is 11.5 Å². The Labute approximate surface area is 165 Å². The predicted molar refractivity (Wildman–Crippen MR) is 100 cm³/mol. The highest BCUT2D eigenvalue weighted by atomic mass is 16.5. The molecular weight excluding hydrogens is 383 g/mol. The van der Waals surface area contributed by atoms with Crippen LogP contribution >= 0.6 is 0 Å². The summed E-state index contributed by atoms with van der Waals surface area (Å²) in [5.41, 5.74) is 0.408. The van der Waals surface area contributed by atoms with E-state index in [9.17, 15) is 20.2 Å². The van der Waals surface area contributed by atoms with Crippen LogP contribution < -0.4 is 4.74 Å². The molecule has 0 spiro atoms. The molecule has 0 saturated carbocycles. The van der Waals surface area contributed by atoms with Gasteiger partial charge in [0.25, 0.3) is 0 Å². The number of ether oxygens (including phenoxy) is 1. The van der Waals surface area contributed by atoms with Crippen molar-refractivity contribution in [2.75, 3.05) is 13.1 Å². The van der Waals surface area contributed by atoms with Gasteiger partial charge >= 0.3 is 13.1 Å². The third kappa shape index (κ3) is 4.55. The minimum atomic E-state index is -1.56. The maximum absolute atomic E-state index is 11.6. The number of benzene rings is 1. The van der Waals surface area contributed by atoms with E-state index in [4.69, 9.17) is 14.8 Å². The van der Waals surface area contributed by atoms with Crippen LogP contribution in [0, 0.1) is 0 Å². The number of aromatic nitrogens is 2. The van der Waals surface area contributed by atoms with Crippen LogP contribution in [-0.2, 0) is 6.42 Å². The average molecular weight is 402 g/mol. The summed E-state index contributed by atoms with van der Waals surface area (Å²) >= 11 is 0. The van der Waals surface area contributed by atoms with Crippen molar-refractivity contribution >= 4 is 18.9 Å². The molecule has 3 rings (SSSR count). The Bertz CT molecular complexity index is 904. The van der Waals surface area contributed by atoms with Crippen LogP contribution in [0.25, 0.3) is 0 Å². The minimum Gasteiger partial charge on any atom is -0.507 e. The zero-order valence-electron chi connectivity index (χ0n) is 15.2. The maximum atomic E-state index is 11.6. The van der Waals surface area contributed by atoms with Crippen LogP contribution in [0.4, 0.5) is 0 Å². The molecule has 29 heavy (non-hydrogen) atoms. The largest absolute Gasteiger partial charge is 0.507 e. The highest BCUT2D eigenvalue weighted by Crippen LogP contribution is 2.34.